The lowest BCUT2D eigenvalue weighted by molar-refractivity contribution is 0.172. The highest BCUT2D eigenvalue weighted by molar-refractivity contribution is 7.87. The average Bonchev–Trinajstić information content (AvgIpc) is 2.15. The summed E-state index contributed by atoms with van der Waals surface area (Å²) in [7, 11) is -4.30. The van der Waals surface area contributed by atoms with Crippen LogP contribution in [0.5, 0.6) is 0 Å². The first-order valence-corrected chi connectivity index (χ1v) is 6.97. The molecular weight excluding hydrogens is 203 g/mol. The second-order valence-electron chi connectivity index (χ2n) is 4.65. The molecule has 3 unspecified atom stereocenters. The lowest BCUT2D eigenvalue weighted by atomic mass is 9.71. The van der Waals surface area contributed by atoms with Gasteiger partial charge in [-0.25, -0.2) is 0 Å². The van der Waals surface area contributed by atoms with Gasteiger partial charge in [0.15, 0.2) is 0 Å². The van der Waals surface area contributed by atoms with E-state index in [1.165, 1.54) is 6.42 Å². The van der Waals surface area contributed by atoms with Gasteiger partial charge in [0, 0.05) is 0 Å². The molecule has 2 rings (SSSR count). The summed E-state index contributed by atoms with van der Waals surface area (Å²) < 4.78 is 35.0. The van der Waals surface area contributed by atoms with Gasteiger partial charge in [-0.15, -0.1) is 3.89 Å². The molecule has 2 nitrogen and oxygen atoms in total. The van der Waals surface area contributed by atoms with E-state index in [-0.39, 0.29) is 5.92 Å². The van der Waals surface area contributed by atoms with Crippen molar-refractivity contribution in [2.75, 3.05) is 0 Å². The molecule has 0 aromatic heterocycles. The Morgan fingerprint density at radius 1 is 0.929 bits per heavy atom. The van der Waals surface area contributed by atoms with Gasteiger partial charge in [-0.05, 0) is 24.7 Å². The fourth-order valence-corrected chi connectivity index (χ4v) is 4.45. The normalized spacial score (nSPS) is 39.1. The number of rotatable bonds is 1. The van der Waals surface area contributed by atoms with Crippen LogP contribution in [-0.2, 0) is 10.2 Å². The van der Waals surface area contributed by atoms with Crippen LogP contribution in [0.2, 0.25) is 0 Å². The van der Waals surface area contributed by atoms with Crippen molar-refractivity contribution in [3.8, 4) is 0 Å². The molecule has 0 bridgehead atoms. The van der Waals surface area contributed by atoms with Crippen LogP contribution >= 0.6 is 0 Å². The quantitative estimate of drug-likeness (QED) is 0.637. The predicted molar refractivity (Wildman–Crippen MR) is 53.1 cm³/mol. The molecule has 2 saturated carbocycles. The summed E-state index contributed by atoms with van der Waals surface area (Å²) in [6.07, 6.45) is 6.83. The van der Waals surface area contributed by atoms with Gasteiger partial charge in [0.2, 0.25) is 0 Å². The summed E-state index contributed by atoms with van der Waals surface area (Å²) in [5, 5.41) is -0.679. The van der Waals surface area contributed by atoms with Crippen molar-refractivity contribution in [2.45, 2.75) is 50.2 Å². The zero-order valence-corrected chi connectivity index (χ0v) is 9.10. The first-order chi connectivity index (χ1) is 6.59. The summed E-state index contributed by atoms with van der Waals surface area (Å²) in [5.41, 5.74) is 0. The largest absolute Gasteiger partial charge is 0.305 e. The smallest absolute Gasteiger partial charge is 0.195 e. The Balaban J connectivity index is 2.17. The van der Waals surface area contributed by atoms with Gasteiger partial charge in [0.1, 0.15) is 0 Å². The van der Waals surface area contributed by atoms with Gasteiger partial charge in [0.05, 0.1) is 5.25 Å². The molecule has 4 heteroatoms. The molecule has 2 fully saturated rings. The van der Waals surface area contributed by atoms with Crippen molar-refractivity contribution >= 4 is 10.2 Å². The number of fused-ring (bicyclic) bond motifs is 1. The van der Waals surface area contributed by atoms with Crippen LogP contribution in [0.3, 0.4) is 0 Å². The fourth-order valence-electron chi connectivity index (χ4n) is 3.23. The molecule has 0 amide bonds. The monoisotopic (exact) mass is 220 g/mol. The van der Waals surface area contributed by atoms with E-state index in [0.29, 0.717) is 12.3 Å². The van der Waals surface area contributed by atoms with Gasteiger partial charge in [0.25, 0.3) is 0 Å². The molecule has 0 heterocycles. The van der Waals surface area contributed by atoms with E-state index in [2.05, 4.69) is 0 Å². The standard InChI is InChI=1S/C10H17FO2S/c11-14(12,13)10-7-3-5-8-4-1-2-6-9(8)10/h8-10H,1-7H2. The van der Waals surface area contributed by atoms with Crippen molar-refractivity contribution in [3.05, 3.63) is 0 Å². The lowest BCUT2D eigenvalue weighted by Gasteiger charge is -2.39. The van der Waals surface area contributed by atoms with Crippen LogP contribution < -0.4 is 0 Å². The van der Waals surface area contributed by atoms with Gasteiger partial charge in [-0.1, -0.05) is 32.1 Å². The van der Waals surface area contributed by atoms with Gasteiger partial charge < -0.3 is 0 Å². The Kier molecular flexibility index (Phi) is 2.82. The molecule has 0 aliphatic heterocycles. The molecule has 0 saturated heterocycles. The maximum absolute atomic E-state index is 13.0. The van der Waals surface area contributed by atoms with E-state index in [1.807, 2.05) is 0 Å². The minimum atomic E-state index is -4.30. The Hall–Kier alpha value is -0.120. The van der Waals surface area contributed by atoms with Crippen LogP contribution in [0, 0.1) is 11.8 Å². The molecule has 82 valence electrons. The van der Waals surface area contributed by atoms with E-state index in [0.717, 1.165) is 32.1 Å². The van der Waals surface area contributed by atoms with E-state index >= 15 is 0 Å². The lowest BCUT2D eigenvalue weighted by Crippen LogP contribution is -2.38. The number of hydrogen-bond acceptors (Lipinski definition) is 2. The van der Waals surface area contributed by atoms with E-state index in [1.54, 1.807) is 0 Å². The highest BCUT2D eigenvalue weighted by Gasteiger charge is 2.41. The molecule has 0 aromatic carbocycles. The van der Waals surface area contributed by atoms with Crippen LogP contribution in [0.4, 0.5) is 3.89 Å². The second kappa shape index (κ2) is 3.80. The summed E-state index contributed by atoms with van der Waals surface area (Å²) in [6, 6.07) is 0. The average molecular weight is 220 g/mol. The summed E-state index contributed by atoms with van der Waals surface area (Å²) in [6.45, 7) is 0. The van der Waals surface area contributed by atoms with Crippen LogP contribution in [-0.4, -0.2) is 13.7 Å². The van der Waals surface area contributed by atoms with Crippen LogP contribution in [0.1, 0.15) is 44.9 Å². The minimum absolute atomic E-state index is 0.118. The van der Waals surface area contributed by atoms with E-state index in [9.17, 15) is 12.3 Å². The number of halogens is 1. The number of hydrogen-bond donors (Lipinski definition) is 0. The molecule has 3 atom stereocenters. The SMILES string of the molecule is O=S(=O)(F)C1CCCC2CCCCC21. The van der Waals surface area contributed by atoms with Gasteiger partial charge >= 0.3 is 10.2 Å². The summed E-state index contributed by atoms with van der Waals surface area (Å²) in [4.78, 5) is 0. The zero-order chi connectivity index (χ0) is 10.2. The van der Waals surface area contributed by atoms with Gasteiger partial charge in [-0.3, -0.25) is 0 Å². The Morgan fingerprint density at radius 3 is 2.29 bits per heavy atom. The molecule has 2 aliphatic carbocycles. The molecule has 0 aromatic rings. The van der Waals surface area contributed by atoms with Crippen LogP contribution in [0.15, 0.2) is 0 Å². The molecule has 2 aliphatic rings. The first-order valence-electron chi connectivity index (χ1n) is 5.52. The minimum Gasteiger partial charge on any atom is -0.195 e. The van der Waals surface area contributed by atoms with Crippen molar-refractivity contribution < 1.29 is 12.3 Å². The maximum atomic E-state index is 13.0. The third kappa shape index (κ3) is 1.95. The van der Waals surface area contributed by atoms with Crippen LogP contribution in [0.25, 0.3) is 0 Å². The fraction of sp³-hybridized carbons (Fsp3) is 1.00. The Bertz CT molecular complexity index is 297. The highest BCUT2D eigenvalue weighted by atomic mass is 32.3. The zero-order valence-electron chi connectivity index (χ0n) is 8.28. The highest BCUT2D eigenvalue weighted by Crippen LogP contribution is 2.43. The topological polar surface area (TPSA) is 34.1 Å². The van der Waals surface area contributed by atoms with Crippen molar-refractivity contribution in [1.29, 1.82) is 0 Å². The Labute approximate surface area is 85.1 Å². The predicted octanol–water partition coefficient (Wildman–Crippen LogP) is 2.64. The van der Waals surface area contributed by atoms with Crippen molar-refractivity contribution in [3.63, 3.8) is 0 Å². The molecule has 14 heavy (non-hydrogen) atoms. The molecular formula is C10H17FO2S. The summed E-state index contributed by atoms with van der Waals surface area (Å²) in [5.74, 6) is 0.598. The third-order valence-corrected chi connectivity index (χ3v) is 5.18. The second-order valence-corrected chi connectivity index (χ2v) is 6.21. The maximum Gasteiger partial charge on any atom is 0.305 e. The summed E-state index contributed by atoms with van der Waals surface area (Å²) >= 11 is 0. The molecule has 0 spiro atoms. The van der Waals surface area contributed by atoms with Crippen molar-refractivity contribution in [1.82, 2.24) is 0 Å². The van der Waals surface area contributed by atoms with E-state index in [4.69, 9.17) is 0 Å². The Morgan fingerprint density at radius 2 is 1.57 bits per heavy atom. The van der Waals surface area contributed by atoms with Gasteiger partial charge in [-0.2, -0.15) is 8.42 Å². The van der Waals surface area contributed by atoms with E-state index < -0.39 is 15.5 Å². The first kappa shape index (κ1) is 10.4. The third-order valence-electron chi connectivity index (χ3n) is 3.87. The van der Waals surface area contributed by atoms with Crippen molar-refractivity contribution in [2.24, 2.45) is 11.8 Å². The molecule has 0 N–H and O–H groups in total. The molecule has 0 radical (unpaired) electrons.